The van der Waals surface area contributed by atoms with Crippen molar-refractivity contribution in [1.82, 2.24) is 0 Å². The van der Waals surface area contributed by atoms with Crippen molar-refractivity contribution in [2.45, 2.75) is 13.8 Å². The van der Waals surface area contributed by atoms with Crippen molar-refractivity contribution in [3.05, 3.63) is 89.6 Å². The molecule has 0 saturated heterocycles. The maximum Gasteiger partial charge on any atom is 0.282 e. The summed E-state index contributed by atoms with van der Waals surface area (Å²) in [5.74, 6) is -1.38. The molecule has 1 aliphatic heterocycles. The average Bonchev–Trinajstić information content (AvgIpc) is 3.05. The number of anilines is 2. The molecule has 0 saturated carbocycles. The van der Waals surface area contributed by atoms with Crippen LogP contribution in [0.2, 0.25) is 0 Å². The predicted molar refractivity (Wildman–Crippen MR) is 125 cm³/mol. The van der Waals surface area contributed by atoms with Crippen LogP contribution in [0.5, 0.6) is 11.5 Å². The number of imide groups is 1. The fraction of sp³-hybridized carbons (Fsp3) is 0.154. The molecule has 0 aromatic heterocycles. The molecule has 3 aromatic carbocycles. The summed E-state index contributed by atoms with van der Waals surface area (Å²) in [6.45, 7) is 4.53. The topological polar surface area (TPSA) is 67.9 Å². The van der Waals surface area contributed by atoms with Crippen LogP contribution in [-0.4, -0.2) is 25.0 Å². The van der Waals surface area contributed by atoms with Gasteiger partial charge in [0.25, 0.3) is 11.8 Å². The monoisotopic (exact) mass is 464 g/mol. The van der Waals surface area contributed by atoms with Crippen LogP contribution in [-0.2, 0) is 9.59 Å². The highest BCUT2D eigenvalue weighted by Crippen LogP contribution is 2.36. The van der Waals surface area contributed by atoms with Gasteiger partial charge < -0.3 is 14.8 Å². The number of ether oxygens (including phenoxy) is 2. The lowest BCUT2D eigenvalue weighted by Gasteiger charge is -2.16. The molecular formula is C26H22F2N2O4. The van der Waals surface area contributed by atoms with Gasteiger partial charge in [-0.3, -0.25) is 9.59 Å². The van der Waals surface area contributed by atoms with Gasteiger partial charge in [-0.15, -0.1) is 0 Å². The molecule has 1 aliphatic rings. The van der Waals surface area contributed by atoms with E-state index in [9.17, 15) is 18.4 Å². The van der Waals surface area contributed by atoms with Gasteiger partial charge in [0.05, 0.1) is 24.5 Å². The summed E-state index contributed by atoms with van der Waals surface area (Å²) >= 11 is 0. The van der Waals surface area contributed by atoms with Gasteiger partial charge in [-0.05, 0) is 61.9 Å². The van der Waals surface area contributed by atoms with Gasteiger partial charge in [-0.25, -0.2) is 13.7 Å². The average molecular weight is 464 g/mol. The molecule has 0 radical (unpaired) electrons. The molecular weight excluding hydrogens is 442 g/mol. The first-order valence-corrected chi connectivity index (χ1v) is 10.7. The maximum absolute atomic E-state index is 13.9. The van der Waals surface area contributed by atoms with Gasteiger partial charge in [0.2, 0.25) is 0 Å². The lowest BCUT2D eigenvalue weighted by atomic mass is 10.0. The molecule has 3 aromatic rings. The first kappa shape index (κ1) is 23.0. The Morgan fingerprint density at radius 2 is 1.50 bits per heavy atom. The molecule has 1 N–H and O–H groups in total. The first-order valence-electron chi connectivity index (χ1n) is 10.7. The number of hydrogen-bond donors (Lipinski definition) is 1. The molecule has 174 valence electrons. The number of rotatable bonds is 8. The van der Waals surface area contributed by atoms with Gasteiger partial charge in [0.15, 0.2) is 11.5 Å². The SMILES string of the molecule is CCOc1ccc(NC2=C(c3ccc(F)cc3)C(=O)N(c3cccc(F)c3)C2=O)cc1OCC. The predicted octanol–water partition coefficient (Wildman–Crippen LogP) is 5.16. The lowest BCUT2D eigenvalue weighted by Crippen LogP contribution is -2.32. The molecule has 0 unspecified atom stereocenters. The largest absolute Gasteiger partial charge is 0.490 e. The fourth-order valence-electron chi connectivity index (χ4n) is 3.65. The molecule has 34 heavy (non-hydrogen) atoms. The Morgan fingerprint density at radius 1 is 0.794 bits per heavy atom. The van der Waals surface area contributed by atoms with Gasteiger partial charge in [-0.2, -0.15) is 0 Å². The zero-order chi connectivity index (χ0) is 24.2. The number of nitrogens with one attached hydrogen (secondary N) is 1. The quantitative estimate of drug-likeness (QED) is 0.467. The van der Waals surface area contributed by atoms with E-state index in [2.05, 4.69) is 5.32 Å². The third-order valence-corrected chi connectivity index (χ3v) is 5.10. The number of benzene rings is 3. The van der Waals surface area contributed by atoms with E-state index < -0.39 is 23.4 Å². The highest BCUT2D eigenvalue weighted by molar-refractivity contribution is 6.46. The van der Waals surface area contributed by atoms with Gasteiger partial charge in [-0.1, -0.05) is 18.2 Å². The van der Waals surface area contributed by atoms with E-state index in [4.69, 9.17) is 9.47 Å². The summed E-state index contributed by atoms with van der Waals surface area (Å²) in [6, 6.07) is 15.5. The Morgan fingerprint density at radius 3 is 2.18 bits per heavy atom. The Labute approximate surface area is 195 Å². The third kappa shape index (κ3) is 4.47. The van der Waals surface area contributed by atoms with Crippen LogP contribution in [0, 0.1) is 11.6 Å². The zero-order valence-electron chi connectivity index (χ0n) is 18.6. The number of carbonyl (C=O) groups excluding carboxylic acids is 2. The minimum Gasteiger partial charge on any atom is -0.490 e. The van der Waals surface area contributed by atoms with Crippen molar-refractivity contribution in [1.29, 1.82) is 0 Å². The molecule has 0 bridgehead atoms. The number of amides is 2. The summed E-state index contributed by atoms with van der Waals surface area (Å²) in [4.78, 5) is 27.7. The van der Waals surface area contributed by atoms with Crippen molar-refractivity contribution in [2.24, 2.45) is 0 Å². The van der Waals surface area contributed by atoms with Crippen LogP contribution < -0.4 is 19.7 Å². The van der Waals surface area contributed by atoms with E-state index in [1.54, 1.807) is 18.2 Å². The van der Waals surface area contributed by atoms with E-state index in [0.717, 1.165) is 11.0 Å². The second-order valence-electron chi connectivity index (χ2n) is 7.34. The number of halogens is 2. The minimum absolute atomic E-state index is 0.0209. The molecule has 1 heterocycles. The molecule has 4 rings (SSSR count). The van der Waals surface area contributed by atoms with Crippen LogP contribution in [0.1, 0.15) is 19.4 Å². The lowest BCUT2D eigenvalue weighted by molar-refractivity contribution is -0.120. The Balaban J connectivity index is 1.79. The number of carbonyl (C=O) groups is 2. The van der Waals surface area contributed by atoms with Crippen molar-refractivity contribution in [2.75, 3.05) is 23.4 Å². The second kappa shape index (κ2) is 9.74. The number of nitrogens with zero attached hydrogens (tertiary/aromatic N) is 1. The molecule has 6 nitrogen and oxygen atoms in total. The fourth-order valence-corrected chi connectivity index (χ4v) is 3.65. The minimum atomic E-state index is -0.665. The van der Waals surface area contributed by atoms with Gasteiger partial charge in [0, 0.05) is 11.8 Å². The molecule has 8 heteroatoms. The van der Waals surface area contributed by atoms with Crippen LogP contribution in [0.25, 0.3) is 5.57 Å². The van der Waals surface area contributed by atoms with Crippen LogP contribution in [0.4, 0.5) is 20.2 Å². The Bertz CT molecular complexity index is 1270. The van der Waals surface area contributed by atoms with E-state index in [1.807, 2.05) is 13.8 Å². The molecule has 0 atom stereocenters. The first-order chi connectivity index (χ1) is 16.4. The summed E-state index contributed by atoms with van der Waals surface area (Å²) in [7, 11) is 0. The normalized spacial score (nSPS) is 13.5. The highest BCUT2D eigenvalue weighted by Gasteiger charge is 2.40. The smallest absolute Gasteiger partial charge is 0.282 e. The van der Waals surface area contributed by atoms with Gasteiger partial charge >= 0.3 is 0 Å². The van der Waals surface area contributed by atoms with Crippen molar-refractivity contribution in [3.63, 3.8) is 0 Å². The Kier molecular flexibility index (Phi) is 6.58. The maximum atomic E-state index is 13.9. The summed E-state index contributed by atoms with van der Waals surface area (Å²) in [5.41, 5.74) is 0.933. The summed E-state index contributed by atoms with van der Waals surface area (Å²) in [5, 5.41) is 3.01. The third-order valence-electron chi connectivity index (χ3n) is 5.10. The Hall–Kier alpha value is -4.20. The molecule has 0 spiro atoms. The standard InChI is InChI=1S/C26H22F2N2O4/c1-3-33-21-13-12-19(15-22(21)34-4-2)29-24-23(16-8-10-17(27)11-9-16)25(31)30(26(24)32)20-7-5-6-18(28)14-20/h5-15,29H,3-4H2,1-2H3. The van der Waals surface area contributed by atoms with Crippen LogP contribution in [0.3, 0.4) is 0 Å². The zero-order valence-corrected chi connectivity index (χ0v) is 18.6. The molecule has 2 amide bonds. The summed E-state index contributed by atoms with van der Waals surface area (Å²) in [6.07, 6.45) is 0. The summed E-state index contributed by atoms with van der Waals surface area (Å²) < 4.78 is 38.6. The van der Waals surface area contributed by atoms with Crippen molar-refractivity contribution in [3.8, 4) is 11.5 Å². The van der Waals surface area contributed by atoms with Crippen LogP contribution >= 0.6 is 0 Å². The van der Waals surface area contributed by atoms with E-state index in [1.165, 1.54) is 42.5 Å². The van der Waals surface area contributed by atoms with Gasteiger partial charge in [0.1, 0.15) is 17.3 Å². The molecule has 0 aliphatic carbocycles. The van der Waals surface area contributed by atoms with E-state index in [0.29, 0.717) is 36.0 Å². The van der Waals surface area contributed by atoms with Crippen molar-refractivity contribution >= 4 is 28.8 Å². The van der Waals surface area contributed by atoms with Crippen LogP contribution in [0.15, 0.2) is 72.4 Å². The van der Waals surface area contributed by atoms with E-state index in [-0.39, 0.29) is 17.0 Å². The van der Waals surface area contributed by atoms with Crippen molar-refractivity contribution < 1.29 is 27.8 Å². The molecule has 0 fully saturated rings. The second-order valence-corrected chi connectivity index (χ2v) is 7.34. The van der Waals surface area contributed by atoms with E-state index >= 15 is 0 Å². The highest BCUT2D eigenvalue weighted by atomic mass is 19.1. The number of hydrogen-bond acceptors (Lipinski definition) is 5.